The van der Waals surface area contributed by atoms with Gasteiger partial charge in [0.15, 0.2) is 12.6 Å². The van der Waals surface area contributed by atoms with Crippen molar-refractivity contribution in [3.63, 3.8) is 0 Å². The third-order valence-electron chi connectivity index (χ3n) is 12.5. The molecule has 0 spiro atoms. The number of nitrogens with one attached hydrogen (secondary N) is 2. The number of ketones is 1. The van der Waals surface area contributed by atoms with Crippen LogP contribution in [-0.2, 0) is 38.1 Å². The first-order valence-electron chi connectivity index (χ1n) is 21.5. The Labute approximate surface area is 384 Å². The number of carbonyl (C=O) groups excluding carboxylic acids is 4. The molecule has 0 radical (unpaired) electrons. The maximum absolute atomic E-state index is 13.9. The summed E-state index contributed by atoms with van der Waals surface area (Å²) < 4.78 is 31.0. The second-order valence-corrected chi connectivity index (χ2v) is 16.8. The predicted octanol–water partition coefficient (Wildman–Crippen LogP) is -3.76. The minimum atomic E-state index is -1.67. The van der Waals surface area contributed by atoms with Gasteiger partial charge >= 0.3 is 29.6 Å². The topological polar surface area (TPSA) is 276 Å². The summed E-state index contributed by atoms with van der Waals surface area (Å²) in [6.45, 7) is 4.03. The van der Waals surface area contributed by atoms with Crippen LogP contribution in [0.1, 0.15) is 107 Å². The molecule has 18 nitrogen and oxygen atoms in total. The number of rotatable bonds is 18. The molecule has 7 N–H and O–H groups in total. The molecular formula is C43H62N3NaO15. The van der Waals surface area contributed by atoms with E-state index in [1.807, 2.05) is 6.92 Å². The van der Waals surface area contributed by atoms with Crippen molar-refractivity contribution in [2.24, 2.45) is 17.8 Å². The molecule has 2 saturated heterocycles. The molecule has 2 aliphatic heterocycles. The molecule has 1 aromatic heterocycles. The molecule has 62 heavy (non-hydrogen) atoms. The van der Waals surface area contributed by atoms with Crippen LogP contribution < -0.4 is 45.3 Å². The van der Waals surface area contributed by atoms with Gasteiger partial charge in [0, 0.05) is 43.8 Å². The summed E-state index contributed by atoms with van der Waals surface area (Å²) >= 11 is 0. The Kier molecular flexibility index (Phi) is 20.7. The molecule has 4 fully saturated rings. The van der Waals surface area contributed by atoms with Crippen molar-refractivity contribution in [2.75, 3.05) is 13.2 Å². The predicted molar refractivity (Wildman–Crippen MR) is 212 cm³/mol. The van der Waals surface area contributed by atoms with Gasteiger partial charge in [-0.15, -0.1) is 6.42 Å². The second kappa shape index (κ2) is 24.6. The van der Waals surface area contributed by atoms with Crippen molar-refractivity contribution in [1.82, 2.24) is 15.6 Å². The van der Waals surface area contributed by atoms with Gasteiger partial charge in [-0.2, -0.15) is 0 Å². The number of aliphatic hydroxyl groups is 5. The maximum atomic E-state index is 13.9. The molecule has 0 bridgehead atoms. The van der Waals surface area contributed by atoms with E-state index in [1.165, 1.54) is 32.3 Å². The van der Waals surface area contributed by atoms with Crippen molar-refractivity contribution < 1.29 is 103 Å². The Morgan fingerprint density at radius 2 is 1.71 bits per heavy atom. The van der Waals surface area contributed by atoms with E-state index in [9.17, 15) is 49.8 Å². The van der Waals surface area contributed by atoms with Gasteiger partial charge in [-0.3, -0.25) is 19.4 Å². The largest absolute Gasteiger partial charge is 1.00 e. The third kappa shape index (κ3) is 13.5. The number of nitrogens with zero attached hydrogens (tertiary/aromatic N) is 1. The fourth-order valence-corrected chi connectivity index (χ4v) is 9.03. The van der Waals surface area contributed by atoms with Crippen LogP contribution in [0.15, 0.2) is 18.5 Å². The molecule has 2 saturated carbocycles. The summed E-state index contributed by atoms with van der Waals surface area (Å²) in [5.74, 6) is -1.20. The van der Waals surface area contributed by atoms with Crippen LogP contribution in [0.5, 0.6) is 0 Å². The maximum Gasteiger partial charge on any atom is 1.00 e. The first kappa shape index (κ1) is 52.0. The van der Waals surface area contributed by atoms with Gasteiger partial charge in [-0.05, 0) is 50.5 Å². The zero-order chi connectivity index (χ0) is 44.4. The SMILES string of the molecule is C#Cc1cncc(C(=O)NCCCC(=O)C2CC(CC)[C@@H](O[C@@H]3OC(C)[C@@H](O)[C@H](O)C3O)[C@H](O[C@@H]3O[C@@H](CO)[C@H](O)C(O[C@@H](CC4CCCCC4)C(=O)[O-])C3NC(C)=O)C2)c1.[Na+]. The van der Waals surface area contributed by atoms with Gasteiger partial charge in [0.2, 0.25) is 5.91 Å². The third-order valence-corrected chi connectivity index (χ3v) is 12.5. The van der Waals surface area contributed by atoms with Crippen molar-refractivity contribution in [3.8, 4) is 12.3 Å². The zero-order valence-electron chi connectivity index (χ0n) is 36.0. The number of Topliss-reactive ketones (excluding diaryl/α,β-unsaturated/α-hetero) is 1. The molecular weight excluding hydrogens is 821 g/mol. The average molecular weight is 884 g/mol. The van der Waals surface area contributed by atoms with Crippen molar-refractivity contribution in [2.45, 2.75) is 171 Å². The average Bonchev–Trinajstić information content (AvgIpc) is 3.25. The van der Waals surface area contributed by atoms with Crippen molar-refractivity contribution in [1.29, 1.82) is 0 Å². The van der Waals surface area contributed by atoms with E-state index < -0.39 is 116 Å². The number of aliphatic carboxylic acids is 1. The molecule has 15 atom stereocenters. The second-order valence-electron chi connectivity index (χ2n) is 16.8. The number of ether oxygens (including phenoxy) is 5. The Morgan fingerprint density at radius 1 is 0.984 bits per heavy atom. The molecule has 19 heteroatoms. The van der Waals surface area contributed by atoms with E-state index in [4.69, 9.17) is 30.1 Å². The fraction of sp³-hybridized carbons (Fsp3) is 0.744. The number of pyridine rings is 1. The summed E-state index contributed by atoms with van der Waals surface area (Å²) in [5, 5.41) is 71.6. The van der Waals surface area contributed by atoms with E-state index in [-0.39, 0.29) is 72.6 Å². The number of carbonyl (C=O) groups is 4. The first-order valence-corrected chi connectivity index (χ1v) is 21.5. The smallest absolute Gasteiger partial charge is 0.547 e. The molecule has 340 valence electrons. The number of hydrogen-bond donors (Lipinski definition) is 7. The van der Waals surface area contributed by atoms with Crippen LogP contribution in [0.3, 0.4) is 0 Å². The van der Waals surface area contributed by atoms with Gasteiger partial charge in [0.1, 0.15) is 48.4 Å². The Balaban J connectivity index is 0.00000845. The monoisotopic (exact) mass is 883 g/mol. The van der Waals surface area contributed by atoms with Gasteiger partial charge in [0.05, 0.1) is 42.6 Å². The normalized spacial score (nSPS) is 34.5. The molecule has 6 unspecified atom stereocenters. The number of aliphatic hydroxyl groups excluding tert-OH is 5. The van der Waals surface area contributed by atoms with Crippen molar-refractivity contribution in [3.05, 3.63) is 29.6 Å². The van der Waals surface area contributed by atoms with Crippen LogP contribution >= 0.6 is 0 Å². The number of carboxylic acids is 1. The summed E-state index contributed by atoms with van der Waals surface area (Å²) in [6.07, 6.45) is -2.41. The number of aromatic nitrogens is 1. The molecule has 5 rings (SSSR count). The van der Waals surface area contributed by atoms with Gasteiger partial charge in [-0.1, -0.05) is 51.4 Å². The van der Waals surface area contributed by atoms with Crippen molar-refractivity contribution >= 4 is 23.6 Å². The van der Waals surface area contributed by atoms with Gasteiger partial charge in [-0.25, -0.2) is 0 Å². The molecule has 2 amide bonds. The Morgan fingerprint density at radius 3 is 2.35 bits per heavy atom. The standard InChI is InChI=1S/C43H63N3O15.Na/c1-5-24-15-28(20-44-19-24)40(54)45-14-10-13-29(49)27-17-26(6-2)38(61-43-37(53)36(52)34(50)22(3)57-43)30(18-27)59-42-33(46-23(4)48)39(35(51)32(21-47)60-42)58-31(41(55)56)16-25-11-8-7-9-12-25;/h1,15,19-20,22,25-27,30-39,42-43,47,50-53H,6-14,16-18,21H2,2-4H3,(H,45,54)(H,46,48)(H,55,56);/q;+1/p-1/t22?,26?,27?,30-,31+,32+,33?,34-,35+,36+,37?,38-,39?,42-,43+;/m1./s1. The van der Waals surface area contributed by atoms with Crippen LogP contribution in [0, 0.1) is 30.1 Å². The zero-order valence-corrected chi connectivity index (χ0v) is 38.0. The van der Waals surface area contributed by atoms with Crippen LogP contribution in [-0.4, -0.2) is 147 Å². The van der Waals surface area contributed by atoms with Crippen LogP contribution in [0.25, 0.3) is 0 Å². The summed E-state index contributed by atoms with van der Waals surface area (Å²) in [6, 6.07) is 0.192. The number of amides is 2. The molecule has 4 aliphatic rings. The van der Waals surface area contributed by atoms with E-state index in [0.717, 1.165) is 32.1 Å². The van der Waals surface area contributed by atoms with Crippen LogP contribution in [0.4, 0.5) is 0 Å². The van der Waals surface area contributed by atoms with E-state index >= 15 is 0 Å². The number of carboxylic acid groups (broad SMARTS) is 1. The minimum absolute atomic E-state index is 0. The number of hydrogen-bond acceptors (Lipinski definition) is 16. The Bertz CT molecular complexity index is 1680. The fourth-order valence-electron chi connectivity index (χ4n) is 9.03. The van der Waals surface area contributed by atoms with Gasteiger partial charge < -0.3 is 69.8 Å². The first-order chi connectivity index (χ1) is 29.1. The van der Waals surface area contributed by atoms with Crippen LogP contribution in [0.2, 0.25) is 0 Å². The molecule has 2 aliphatic carbocycles. The summed E-state index contributed by atoms with van der Waals surface area (Å²) in [7, 11) is 0. The Hall–Kier alpha value is -2.61. The molecule has 3 heterocycles. The minimum Gasteiger partial charge on any atom is -0.547 e. The summed E-state index contributed by atoms with van der Waals surface area (Å²) in [4.78, 5) is 55.8. The number of terminal acetylenes is 1. The quantitative estimate of drug-likeness (QED) is 0.0424. The molecule has 1 aromatic rings. The summed E-state index contributed by atoms with van der Waals surface area (Å²) in [5.41, 5.74) is 0.724. The van der Waals surface area contributed by atoms with E-state index in [2.05, 4.69) is 21.5 Å². The van der Waals surface area contributed by atoms with E-state index in [1.54, 1.807) is 0 Å². The molecule has 0 aromatic carbocycles. The van der Waals surface area contributed by atoms with Gasteiger partial charge in [0.25, 0.3) is 5.91 Å². The van der Waals surface area contributed by atoms with E-state index in [0.29, 0.717) is 24.8 Å².